The fraction of sp³-hybridized carbons (Fsp3) is 0.0952. The minimum absolute atomic E-state index is 0.0474. The number of ether oxygens (including phenoxy) is 1. The molecule has 4 aromatic rings. The number of carbonyl (C=O) groups is 1. The Labute approximate surface area is 185 Å². The molecule has 1 amide bonds. The second-order valence-electron chi connectivity index (χ2n) is 6.35. The molecule has 0 aliphatic rings. The number of thioether (sulfide) groups is 1. The van der Waals surface area contributed by atoms with Crippen molar-refractivity contribution in [3.05, 3.63) is 71.0 Å². The smallest absolute Gasteiger partial charge is 0.296 e. The summed E-state index contributed by atoms with van der Waals surface area (Å²) < 4.78 is 5.01. The molecule has 0 spiro atoms. The molecule has 0 radical (unpaired) electrons. The van der Waals surface area contributed by atoms with Gasteiger partial charge in [0.05, 0.1) is 23.9 Å². The molecule has 4 rings (SSSR count). The molecule has 1 N–H and O–H groups in total. The van der Waals surface area contributed by atoms with E-state index in [1.165, 1.54) is 37.3 Å². The molecule has 156 valence electrons. The molecule has 0 fully saturated rings. The van der Waals surface area contributed by atoms with E-state index in [4.69, 9.17) is 4.74 Å². The van der Waals surface area contributed by atoms with Gasteiger partial charge in [0.2, 0.25) is 5.91 Å². The lowest BCUT2D eigenvalue weighted by Gasteiger charge is -2.07. The first-order valence-corrected chi connectivity index (χ1v) is 10.9. The van der Waals surface area contributed by atoms with Crippen LogP contribution in [0, 0.1) is 10.1 Å². The van der Waals surface area contributed by atoms with E-state index in [2.05, 4.69) is 15.3 Å². The van der Waals surface area contributed by atoms with E-state index in [1.807, 2.05) is 36.4 Å². The summed E-state index contributed by atoms with van der Waals surface area (Å²) in [6.07, 6.45) is 1.47. The van der Waals surface area contributed by atoms with Gasteiger partial charge in [0.25, 0.3) is 5.69 Å². The Balaban J connectivity index is 1.50. The molecule has 10 heteroatoms. The summed E-state index contributed by atoms with van der Waals surface area (Å²) >= 11 is 2.81. The van der Waals surface area contributed by atoms with Crippen molar-refractivity contribution in [1.82, 2.24) is 9.97 Å². The number of methoxy groups -OCH3 is 1. The van der Waals surface area contributed by atoms with E-state index in [0.29, 0.717) is 10.8 Å². The number of hydrogen-bond donors (Lipinski definition) is 1. The van der Waals surface area contributed by atoms with E-state index >= 15 is 0 Å². The average Bonchev–Trinajstić information content (AvgIpc) is 3.23. The van der Waals surface area contributed by atoms with Crippen molar-refractivity contribution in [2.24, 2.45) is 0 Å². The van der Waals surface area contributed by atoms with Crippen LogP contribution in [-0.4, -0.2) is 33.7 Å². The highest BCUT2D eigenvalue weighted by Gasteiger charge is 2.18. The number of nitrogens with one attached hydrogen (secondary N) is 1. The average molecular weight is 453 g/mol. The SMILES string of the molecule is COc1ccc(NC(=O)CSc2ncnc3sc(-c4ccccc4)cc23)c([N+](=O)[O-])c1. The second-order valence-corrected chi connectivity index (χ2v) is 8.35. The summed E-state index contributed by atoms with van der Waals surface area (Å²) in [4.78, 5) is 33.7. The highest BCUT2D eigenvalue weighted by Crippen LogP contribution is 2.36. The maximum atomic E-state index is 12.5. The summed E-state index contributed by atoms with van der Waals surface area (Å²) in [6, 6.07) is 16.3. The van der Waals surface area contributed by atoms with E-state index in [0.717, 1.165) is 20.7 Å². The number of rotatable bonds is 7. The van der Waals surface area contributed by atoms with E-state index < -0.39 is 4.92 Å². The van der Waals surface area contributed by atoms with Crippen LogP contribution in [0.5, 0.6) is 5.75 Å². The Kier molecular flexibility index (Phi) is 6.10. The summed E-state index contributed by atoms with van der Waals surface area (Å²) in [6.45, 7) is 0. The van der Waals surface area contributed by atoms with Crippen LogP contribution in [0.25, 0.3) is 20.7 Å². The number of carbonyl (C=O) groups excluding carboxylic acids is 1. The number of amides is 1. The molecule has 2 aromatic heterocycles. The molecule has 2 aromatic carbocycles. The lowest BCUT2D eigenvalue weighted by atomic mass is 10.2. The van der Waals surface area contributed by atoms with Gasteiger partial charge >= 0.3 is 0 Å². The molecule has 2 heterocycles. The predicted molar refractivity (Wildman–Crippen MR) is 122 cm³/mol. The quantitative estimate of drug-likeness (QED) is 0.182. The zero-order valence-electron chi connectivity index (χ0n) is 16.3. The minimum Gasteiger partial charge on any atom is -0.496 e. The van der Waals surface area contributed by atoms with Crippen molar-refractivity contribution in [3.63, 3.8) is 0 Å². The van der Waals surface area contributed by atoms with Crippen LogP contribution >= 0.6 is 23.1 Å². The zero-order chi connectivity index (χ0) is 21.8. The van der Waals surface area contributed by atoms with Crippen LogP contribution in [0.3, 0.4) is 0 Å². The van der Waals surface area contributed by atoms with Gasteiger partial charge in [-0.15, -0.1) is 11.3 Å². The third kappa shape index (κ3) is 4.65. The van der Waals surface area contributed by atoms with E-state index in [1.54, 1.807) is 17.4 Å². The van der Waals surface area contributed by atoms with E-state index in [9.17, 15) is 14.9 Å². The Morgan fingerprint density at radius 2 is 2.00 bits per heavy atom. The maximum Gasteiger partial charge on any atom is 0.296 e. The largest absolute Gasteiger partial charge is 0.496 e. The normalized spacial score (nSPS) is 10.7. The molecular formula is C21H16N4O4S2. The van der Waals surface area contributed by atoms with Crippen LogP contribution in [0.15, 0.2) is 66.0 Å². The standard InChI is InChI=1S/C21H16N4O4S2/c1-29-14-7-8-16(17(9-14)25(27)28)24-19(26)11-30-20-15-10-18(13-5-3-2-4-6-13)31-21(15)23-12-22-20/h2-10,12H,11H2,1H3,(H,24,26). The van der Waals surface area contributed by atoms with Gasteiger partial charge in [-0.2, -0.15) is 0 Å². The highest BCUT2D eigenvalue weighted by molar-refractivity contribution is 8.00. The molecule has 0 saturated heterocycles. The Morgan fingerprint density at radius 1 is 1.19 bits per heavy atom. The number of nitrogens with zero attached hydrogens (tertiary/aromatic N) is 3. The summed E-state index contributed by atoms with van der Waals surface area (Å²) in [7, 11) is 1.42. The molecule has 0 atom stereocenters. The van der Waals surface area contributed by atoms with Gasteiger partial charge in [0.1, 0.15) is 27.6 Å². The third-order valence-electron chi connectivity index (χ3n) is 4.37. The van der Waals surface area contributed by atoms with Crippen molar-refractivity contribution in [2.45, 2.75) is 5.03 Å². The molecule has 0 bridgehead atoms. The van der Waals surface area contributed by atoms with Gasteiger partial charge in [0, 0.05) is 10.3 Å². The lowest BCUT2D eigenvalue weighted by Crippen LogP contribution is -2.15. The van der Waals surface area contributed by atoms with Gasteiger partial charge in [-0.05, 0) is 23.8 Å². The predicted octanol–water partition coefficient (Wildman–Crippen LogP) is 5.01. The van der Waals surface area contributed by atoms with Crippen LogP contribution < -0.4 is 10.1 Å². The van der Waals surface area contributed by atoms with Crippen molar-refractivity contribution in [1.29, 1.82) is 0 Å². The fourth-order valence-corrected chi connectivity index (χ4v) is 4.75. The number of nitro groups is 1. The molecule has 0 unspecified atom stereocenters. The number of aromatic nitrogens is 2. The maximum absolute atomic E-state index is 12.5. The number of hydrogen-bond acceptors (Lipinski definition) is 8. The first kappa shape index (κ1) is 20.8. The Bertz CT molecular complexity index is 1260. The number of benzene rings is 2. The van der Waals surface area contributed by atoms with Crippen LogP contribution in [0.1, 0.15) is 0 Å². The van der Waals surface area contributed by atoms with Gasteiger partial charge in [-0.3, -0.25) is 14.9 Å². The van der Waals surface area contributed by atoms with Crippen molar-refractivity contribution in [3.8, 4) is 16.2 Å². The van der Waals surface area contributed by atoms with Crippen LogP contribution in [0.2, 0.25) is 0 Å². The third-order valence-corrected chi connectivity index (χ3v) is 6.46. The van der Waals surface area contributed by atoms with Crippen LogP contribution in [0.4, 0.5) is 11.4 Å². The minimum atomic E-state index is -0.560. The summed E-state index contributed by atoms with van der Waals surface area (Å²) in [5.74, 6) is 0.0175. The van der Waals surface area contributed by atoms with Crippen molar-refractivity contribution in [2.75, 3.05) is 18.2 Å². The molecule has 0 aliphatic heterocycles. The zero-order valence-corrected chi connectivity index (χ0v) is 17.9. The molecule has 31 heavy (non-hydrogen) atoms. The summed E-state index contributed by atoms with van der Waals surface area (Å²) in [5, 5.41) is 15.4. The molecular weight excluding hydrogens is 436 g/mol. The van der Waals surface area contributed by atoms with Gasteiger partial charge < -0.3 is 10.1 Å². The topological polar surface area (TPSA) is 107 Å². The van der Waals surface area contributed by atoms with Gasteiger partial charge in [0.15, 0.2) is 0 Å². The highest BCUT2D eigenvalue weighted by atomic mass is 32.2. The van der Waals surface area contributed by atoms with Gasteiger partial charge in [-0.1, -0.05) is 42.1 Å². The monoisotopic (exact) mass is 452 g/mol. The summed E-state index contributed by atoms with van der Waals surface area (Å²) in [5.41, 5.74) is 0.976. The van der Waals surface area contributed by atoms with Crippen LogP contribution in [-0.2, 0) is 4.79 Å². The number of thiophene rings is 1. The number of nitro benzene ring substituents is 1. The first-order chi connectivity index (χ1) is 15.0. The first-order valence-electron chi connectivity index (χ1n) is 9.10. The van der Waals surface area contributed by atoms with Crippen molar-refractivity contribution >= 4 is 50.6 Å². The van der Waals surface area contributed by atoms with Gasteiger partial charge in [-0.25, -0.2) is 9.97 Å². The fourth-order valence-electron chi connectivity index (χ4n) is 2.91. The molecule has 8 nitrogen and oxygen atoms in total. The molecule has 0 saturated carbocycles. The van der Waals surface area contributed by atoms with Crippen molar-refractivity contribution < 1.29 is 14.5 Å². The number of anilines is 1. The Morgan fingerprint density at radius 3 is 2.74 bits per heavy atom. The lowest BCUT2D eigenvalue weighted by molar-refractivity contribution is -0.384. The molecule has 0 aliphatic carbocycles. The number of fused-ring (bicyclic) bond motifs is 1. The second kappa shape index (κ2) is 9.11. The van der Waals surface area contributed by atoms with E-state index in [-0.39, 0.29) is 23.0 Å². The Hall–Kier alpha value is -3.50.